The maximum Gasteiger partial charge on any atom is 0.218 e. The van der Waals surface area contributed by atoms with Crippen LogP contribution in [-0.4, -0.2) is 33.0 Å². The molecular formula is C10H14FN3OS. The Morgan fingerprint density at radius 3 is 2.62 bits per heavy atom. The van der Waals surface area contributed by atoms with Crippen LogP contribution in [0.4, 0.5) is 4.39 Å². The summed E-state index contributed by atoms with van der Waals surface area (Å²) in [5.41, 5.74) is 0. The monoisotopic (exact) mass is 243 g/mol. The minimum absolute atomic E-state index is 0.236. The molecule has 0 bridgehead atoms. The zero-order valence-electron chi connectivity index (χ0n) is 8.86. The van der Waals surface area contributed by atoms with Gasteiger partial charge in [0.15, 0.2) is 5.82 Å². The van der Waals surface area contributed by atoms with Crippen molar-refractivity contribution in [2.24, 2.45) is 5.92 Å². The van der Waals surface area contributed by atoms with Gasteiger partial charge in [-0.25, -0.2) is 14.4 Å². The van der Waals surface area contributed by atoms with E-state index in [0.717, 1.165) is 38.3 Å². The molecule has 0 amide bonds. The molecule has 4 nitrogen and oxygen atoms in total. The molecule has 1 N–H and O–H groups in total. The second-order valence-corrected chi connectivity index (χ2v) is 5.28. The average Bonchev–Trinajstić information content (AvgIpc) is 2.31. The predicted octanol–water partition coefficient (Wildman–Crippen LogP) is 0.723. The van der Waals surface area contributed by atoms with Gasteiger partial charge >= 0.3 is 0 Å². The lowest BCUT2D eigenvalue weighted by Crippen LogP contribution is -2.30. The molecule has 0 saturated carbocycles. The lowest BCUT2D eigenvalue weighted by molar-refractivity contribution is 0.405. The SMILES string of the molecule is O=S(CC1CCNCC1)c1ncc(F)cn1. The molecular weight excluding hydrogens is 229 g/mol. The zero-order chi connectivity index (χ0) is 11.4. The highest BCUT2D eigenvalue weighted by Gasteiger charge is 2.18. The summed E-state index contributed by atoms with van der Waals surface area (Å²) < 4.78 is 24.4. The van der Waals surface area contributed by atoms with E-state index in [0.29, 0.717) is 11.7 Å². The molecule has 1 aliphatic rings. The fourth-order valence-corrected chi connectivity index (χ4v) is 3.01. The van der Waals surface area contributed by atoms with Crippen LogP contribution >= 0.6 is 0 Å². The van der Waals surface area contributed by atoms with Gasteiger partial charge in [0.25, 0.3) is 0 Å². The van der Waals surface area contributed by atoms with Crippen LogP contribution in [0.15, 0.2) is 17.6 Å². The van der Waals surface area contributed by atoms with E-state index >= 15 is 0 Å². The van der Waals surface area contributed by atoms with Crippen molar-refractivity contribution in [1.29, 1.82) is 0 Å². The molecule has 2 rings (SSSR count). The molecule has 1 aromatic heterocycles. The second kappa shape index (κ2) is 5.45. The highest BCUT2D eigenvalue weighted by Crippen LogP contribution is 2.14. The Morgan fingerprint density at radius 1 is 1.38 bits per heavy atom. The van der Waals surface area contributed by atoms with Crippen molar-refractivity contribution in [2.45, 2.75) is 18.0 Å². The summed E-state index contributed by atoms with van der Waals surface area (Å²) in [5.74, 6) is 0.534. The summed E-state index contributed by atoms with van der Waals surface area (Å²) in [7, 11) is -1.21. The minimum atomic E-state index is -1.21. The lowest BCUT2D eigenvalue weighted by Gasteiger charge is -2.21. The fraction of sp³-hybridized carbons (Fsp3) is 0.600. The number of hydrogen-bond acceptors (Lipinski definition) is 4. The van der Waals surface area contributed by atoms with E-state index < -0.39 is 16.6 Å². The number of piperidine rings is 1. The Labute approximate surface area is 96.1 Å². The van der Waals surface area contributed by atoms with E-state index in [9.17, 15) is 8.60 Å². The first-order valence-electron chi connectivity index (χ1n) is 5.32. The molecule has 1 saturated heterocycles. The van der Waals surface area contributed by atoms with E-state index in [1.54, 1.807) is 0 Å². The van der Waals surface area contributed by atoms with Crippen LogP contribution in [0.3, 0.4) is 0 Å². The van der Waals surface area contributed by atoms with Gasteiger partial charge < -0.3 is 5.32 Å². The molecule has 1 fully saturated rings. The molecule has 0 radical (unpaired) electrons. The smallest absolute Gasteiger partial charge is 0.218 e. The van der Waals surface area contributed by atoms with Gasteiger partial charge in [-0.05, 0) is 31.8 Å². The summed E-state index contributed by atoms with van der Waals surface area (Å²) in [6.45, 7) is 1.96. The maximum absolute atomic E-state index is 12.6. The van der Waals surface area contributed by atoms with Crippen LogP contribution in [0.5, 0.6) is 0 Å². The van der Waals surface area contributed by atoms with E-state index in [1.165, 1.54) is 0 Å². The molecule has 88 valence electrons. The fourth-order valence-electron chi connectivity index (χ4n) is 1.75. The van der Waals surface area contributed by atoms with Crippen molar-refractivity contribution in [3.8, 4) is 0 Å². The maximum atomic E-state index is 12.6. The number of nitrogens with one attached hydrogen (secondary N) is 1. The van der Waals surface area contributed by atoms with Gasteiger partial charge in [0.1, 0.15) is 0 Å². The standard InChI is InChI=1S/C10H14FN3OS/c11-9-5-13-10(14-6-9)16(15)7-8-1-3-12-4-2-8/h5-6,8,12H,1-4,7H2. The van der Waals surface area contributed by atoms with Gasteiger partial charge in [-0.15, -0.1) is 0 Å². The zero-order valence-corrected chi connectivity index (χ0v) is 9.67. The van der Waals surface area contributed by atoms with Crippen LogP contribution < -0.4 is 5.32 Å². The van der Waals surface area contributed by atoms with Gasteiger partial charge in [0.2, 0.25) is 5.16 Å². The molecule has 1 aliphatic heterocycles. The molecule has 1 atom stereocenters. The molecule has 0 spiro atoms. The van der Waals surface area contributed by atoms with Gasteiger partial charge in [-0.2, -0.15) is 0 Å². The summed E-state index contributed by atoms with van der Waals surface area (Å²) in [6, 6.07) is 0. The summed E-state index contributed by atoms with van der Waals surface area (Å²) in [5, 5.41) is 3.49. The summed E-state index contributed by atoms with van der Waals surface area (Å²) >= 11 is 0. The van der Waals surface area contributed by atoms with Crippen molar-refractivity contribution >= 4 is 10.8 Å². The highest BCUT2D eigenvalue weighted by atomic mass is 32.2. The Morgan fingerprint density at radius 2 is 2.00 bits per heavy atom. The molecule has 6 heteroatoms. The van der Waals surface area contributed by atoms with Crippen molar-refractivity contribution < 1.29 is 8.60 Å². The van der Waals surface area contributed by atoms with Crippen molar-refractivity contribution in [3.05, 3.63) is 18.2 Å². The third-order valence-corrected chi connectivity index (χ3v) is 4.04. The molecule has 1 aromatic rings. The van der Waals surface area contributed by atoms with E-state index in [2.05, 4.69) is 15.3 Å². The van der Waals surface area contributed by atoms with Crippen LogP contribution in [-0.2, 0) is 10.8 Å². The largest absolute Gasteiger partial charge is 0.317 e. The molecule has 2 heterocycles. The van der Waals surface area contributed by atoms with Gasteiger partial charge in [-0.1, -0.05) is 0 Å². The number of hydrogen-bond donors (Lipinski definition) is 1. The van der Waals surface area contributed by atoms with Gasteiger partial charge in [-0.3, -0.25) is 4.21 Å². The van der Waals surface area contributed by atoms with Crippen LogP contribution in [0.25, 0.3) is 0 Å². The van der Waals surface area contributed by atoms with Crippen molar-refractivity contribution in [1.82, 2.24) is 15.3 Å². The Balaban J connectivity index is 1.94. The normalized spacial score (nSPS) is 19.6. The molecule has 16 heavy (non-hydrogen) atoms. The number of halogens is 1. The minimum Gasteiger partial charge on any atom is -0.317 e. The third-order valence-electron chi connectivity index (χ3n) is 2.65. The number of rotatable bonds is 3. The molecule has 0 aromatic carbocycles. The van der Waals surface area contributed by atoms with Crippen LogP contribution in [0, 0.1) is 11.7 Å². The Bertz CT molecular complexity index is 365. The van der Waals surface area contributed by atoms with E-state index in [1.807, 2.05) is 0 Å². The van der Waals surface area contributed by atoms with Crippen LogP contribution in [0.1, 0.15) is 12.8 Å². The quantitative estimate of drug-likeness (QED) is 0.795. The number of nitrogens with zero attached hydrogens (tertiary/aromatic N) is 2. The molecule has 0 aliphatic carbocycles. The van der Waals surface area contributed by atoms with Crippen molar-refractivity contribution in [3.63, 3.8) is 0 Å². The predicted molar refractivity (Wildman–Crippen MR) is 58.9 cm³/mol. The van der Waals surface area contributed by atoms with E-state index in [4.69, 9.17) is 0 Å². The topological polar surface area (TPSA) is 54.9 Å². The summed E-state index contributed by atoms with van der Waals surface area (Å²) in [6.07, 6.45) is 4.19. The second-order valence-electron chi connectivity index (χ2n) is 3.89. The first-order valence-corrected chi connectivity index (χ1v) is 6.64. The Hall–Kier alpha value is -0.880. The third kappa shape index (κ3) is 3.05. The molecule has 1 unspecified atom stereocenters. The number of aromatic nitrogens is 2. The Kier molecular flexibility index (Phi) is 3.95. The first-order chi connectivity index (χ1) is 7.75. The van der Waals surface area contributed by atoms with Gasteiger partial charge in [0.05, 0.1) is 23.2 Å². The van der Waals surface area contributed by atoms with Gasteiger partial charge in [0, 0.05) is 5.75 Å². The van der Waals surface area contributed by atoms with Crippen LogP contribution in [0.2, 0.25) is 0 Å². The van der Waals surface area contributed by atoms with E-state index in [-0.39, 0.29) is 5.16 Å². The highest BCUT2D eigenvalue weighted by molar-refractivity contribution is 7.84. The van der Waals surface area contributed by atoms with Crippen molar-refractivity contribution in [2.75, 3.05) is 18.8 Å². The summed E-state index contributed by atoms with van der Waals surface area (Å²) in [4.78, 5) is 7.48. The average molecular weight is 243 g/mol. The first kappa shape index (κ1) is 11.6. The lowest BCUT2D eigenvalue weighted by atomic mass is 10.0.